The monoisotopic (exact) mass is 319 g/mol. The van der Waals surface area contributed by atoms with Gasteiger partial charge in [-0.2, -0.15) is 0 Å². The van der Waals surface area contributed by atoms with Crippen LogP contribution in [0.1, 0.15) is 11.1 Å². The van der Waals surface area contributed by atoms with Crippen molar-refractivity contribution in [1.82, 2.24) is 0 Å². The van der Waals surface area contributed by atoms with Gasteiger partial charge in [0.2, 0.25) is 0 Å². The van der Waals surface area contributed by atoms with Crippen LogP contribution in [-0.4, -0.2) is 18.9 Å². The maximum atomic E-state index is 6.14. The number of thioether (sulfide) groups is 1. The smallest absolute Gasteiger partial charge is 0.143 e. The summed E-state index contributed by atoms with van der Waals surface area (Å²) in [6.07, 6.45) is 1.11. The molecule has 1 unspecified atom stereocenters. The summed E-state index contributed by atoms with van der Waals surface area (Å²) in [5.41, 5.74) is 3.52. The van der Waals surface area contributed by atoms with Crippen molar-refractivity contribution in [2.24, 2.45) is 0 Å². The van der Waals surface area contributed by atoms with E-state index in [4.69, 9.17) is 16.3 Å². The number of rotatable bonds is 4. The Labute approximate surface area is 134 Å². The molecule has 0 amide bonds. The maximum Gasteiger partial charge on any atom is 0.143 e. The van der Waals surface area contributed by atoms with Crippen molar-refractivity contribution in [3.8, 4) is 5.75 Å². The van der Waals surface area contributed by atoms with E-state index in [9.17, 15) is 0 Å². The molecule has 0 saturated heterocycles. The molecule has 2 aromatic rings. The van der Waals surface area contributed by atoms with E-state index in [2.05, 4.69) is 29.6 Å². The minimum atomic E-state index is 0.558. The molecule has 1 N–H and O–H groups in total. The fourth-order valence-electron chi connectivity index (χ4n) is 2.56. The van der Waals surface area contributed by atoms with E-state index < -0.39 is 0 Å². The summed E-state index contributed by atoms with van der Waals surface area (Å²) >= 11 is 8.09. The van der Waals surface area contributed by atoms with Crippen molar-refractivity contribution in [2.75, 3.05) is 19.0 Å². The van der Waals surface area contributed by atoms with Crippen molar-refractivity contribution in [1.29, 1.82) is 0 Å². The number of aryl methyl sites for hydroxylation is 1. The average Bonchev–Trinajstić information content (AvgIpc) is 2.90. The average molecular weight is 320 g/mol. The molecule has 0 spiro atoms. The van der Waals surface area contributed by atoms with Crippen molar-refractivity contribution in [3.63, 3.8) is 0 Å². The van der Waals surface area contributed by atoms with Gasteiger partial charge in [-0.05, 0) is 36.6 Å². The first kappa shape index (κ1) is 14.6. The molecule has 0 fully saturated rings. The molecule has 2 nitrogen and oxygen atoms in total. The van der Waals surface area contributed by atoms with Crippen LogP contribution in [0.5, 0.6) is 5.75 Å². The lowest BCUT2D eigenvalue weighted by molar-refractivity contribution is 0.416. The molecule has 0 saturated carbocycles. The van der Waals surface area contributed by atoms with Crippen molar-refractivity contribution in [3.05, 3.63) is 52.5 Å². The molecule has 1 atom stereocenters. The SMILES string of the molecule is COc1cc(Cl)c(C)cc1NCC1Cc2ccccc2S1. The van der Waals surface area contributed by atoms with Crippen LogP contribution in [0.4, 0.5) is 5.69 Å². The van der Waals surface area contributed by atoms with E-state index in [-0.39, 0.29) is 0 Å². The highest BCUT2D eigenvalue weighted by atomic mass is 35.5. The number of halogens is 1. The van der Waals surface area contributed by atoms with Gasteiger partial charge in [0.15, 0.2) is 0 Å². The Morgan fingerprint density at radius 1 is 1.33 bits per heavy atom. The number of hydrogen-bond donors (Lipinski definition) is 1. The summed E-state index contributed by atoms with van der Waals surface area (Å²) in [7, 11) is 1.67. The van der Waals surface area contributed by atoms with E-state index >= 15 is 0 Å². The van der Waals surface area contributed by atoms with Gasteiger partial charge >= 0.3 is 0 Å². The molecule has 0 radical (unpaired) electrons. The van der Waals surface area contributed by atoms with Crippen molar-refractivity contribution in [2.45, 2.75) is 23.5 Å². The third kappa shape index (κ3) is 3.14. The Hall–Kier alpha value is -1.32. The number of benzene rings is 2. The number of ether oxygens (including phenoxy) is 1. The zero-order chi connectivity index (χ0) is 14.8. The first-order chi connectivity index (χ1) is 10.2. The summed E-state index contributed by atoms with van der Waals surface area (Å²) in [6, 6.07) is 12.6. The second-order valence-corrected chi connectivity index (χ2v) is 6.98. The largest absolute Gasteiger partial charge is 0.495 e. The van der Waals surface area contributed by atoms with E-state index in [1.807, 2.05) is 30.8 Å². The molecule has 1 aliphatic heterocycles. The van der Waals surface area contributed by atoms with Gasteiger partial charge in [0.1, 0.15) is 5.75 Å². The first-order valence-electron chi connectivity index (χ1n) is 7.00. The molecule has 2 aromatic carbocycles. The molecule has 1 heterocycles. The molecular formula is C17H18ClNOS. The quantitative estimate of drug-likeness (QED) is 0.875. The van der Waals surface area contributed by atoms with Gasteiger partial charge in [-0.3, -0.25) is 0 Å². The Morgan fingerprint density at radius 3 is 2.90 bits per heavy atom. The summed E-state index contributed by atoms with van der Waals surface area (Å²) in [6.45, 7) is 2.92. The Bertz CT molecular complexity index is 634. The van der Waals surface area contributed by atoms with Crippen LogP contribution in [0.25, 0.3) is 0 Å². The molecule has 0 bridgehead atoms. The Morgan fingerprint density at radius 2 is 2.14 bits per heavy atom. The number of hydrogen-bond acceptors (Lipinski definition) is 3. The second kappa shape index (κ2) is 6.20. The van der Waals surface area contributed by atoms with Gasteiger partial charge in [0, 0.05) is 27.8 Å². The highest BCUT2D eigenvalue weighted by Crippen LogP contribution is 2.37. The van der Waals surface area contributed by atoms with Crippen molar-refractivity contribution >= 4 is 29.1 Å². The topological polar surface area (TPSA) is 21.3 Å². The minimum Gasteiger partial charge on any atom is -0.495 e. The molecule has 21 heavy (non-hydrogen) atoms. The molecule has 0 aliphatic carbocycles. The number of nitrogens with one attached hydrogen (secondary N) is 1. The van der Waals surface area contributed by atoms with E-state index in [0.29, 0.717) is 5.25 Å². The van der Waals surface area contributed by atoms with Crippen LogP contribution in [0.15, 0.2) is 41.3 Å². The third-order valence-electron chi connectivity index (χ3n) is 3.71. The van der Waals surface area contributed by atoms with Gasteiger partial charge in [-0.1, -0.05) is 29.8 Å². The van der Waals surface area contributed by atoms with Crippen LogP contribution >= 0.6 is 23.4 Å². The lowest BCUT2D eigenvalue weighted by atomic mass is 10.1. The molecule has 1 aliphatic rings. The summed E-state index contributed by atoms with van der Waals surface area (Å²) in [5, 5.41) is 4.80. The van der Waals surface area contributed by atoms with Gasteiger partial charge in [0.25, 0.3) is 0 Å². The minimum absolute atomic E-state index is 0.558. The lowest BCUT2D eigenvalue weighted by Crippen LogP contribution is -2.16. The fourth-order valence-corrected chi connectivity index (χ4v) is 3.96. The normalized spacial score (nSPS) is 16.6. The highest BCUT2D eigenvalue weighted by Gasteiger charge is 2.21. The van der Waals surface area contributed by atoms with Crippen LogP contribution in [0.3, 0.4) is 0 Å². The van der Waals surface area contributed by atoms with Crippen LogP contribution < -0.4 is 10.1 Å². The van der Waals surface area contributed by atoms with Crippen molar-refractivity contribution < 1.29 is 4.74 Å². The molecule has 4 heteroatoms. The zero-order valence-electron chi connectivity index (χ0n) is 12.2. The number of anilines is 1. The Kier molecular flexibility index (Phi) is 4.32. The van der Waals surface area contributed by atoms with Gasteiger partial charge in [0.05, 0.1) is 12.8 Å². The van der Waals surface area contributed by atoms with Crippen LogP contribution in [-0.2, 0) is 6.42 Å². The lowest BCUT2D eigenvalue weighted by Gasteiger charge is -2.15. The van der Waals surface area contributed by atoms with Gasteiger partial charge in [-0.25, -0.2) is 0 Å². The summed E-state index contributed by atoms with van der Waals surface area (Å²) in [5.74, 6) is 0.797. The highest BCUT2D eigenvalue weighted by molar-refractivity contribution is 8.00. The number of fused-ring (bicyclic) bond motifs is 1. The molecular weight excluding hydrogens is 302 g/mol. The Balaban J connectivity index is 1.68. The zero-order valence-corrected chi connectivity index (χ0v) is 13.7. The fraction of sp³-hybridized carbons (Fsp3) is 0.294. The van der Waals surface area contributed by atoms with Gasteiger partial charge in [-0.15, -0.1) is 11.8 Å². The standard InChI is InChI=1S/C17H18ClNOS/c1-11-7-15(16(20-2)9-14(11)18)19-10-13-8-12-5-3-4-6-17(12)21-13/h3-7,9,13,19H,8,10H2,1-2H3. The maximum absolute atomic E-state index is 6.14. The van der Waals surface area contributed by atoms with E-state index in [1.54, 1.807) is 7.11 Å². The van der Waals surface area contributed by atoms with E-state index in [0.717, 1.165) is 35.0 Å². The second-order valence-electron chi connectivity index (χ2n) is 5.23. The molecule has 110 valence electrons. The predicted molar refractivity (Wildman–Crippen MR) is 91.0 cm³/mol. The van der Waals surface area contributed by atoms with E-state index in [1.165, 1.54) is 10.5 Å². The first-order valence-corrected chi connectivity index (χ1v) is 8.25. The summed E-state index contributed by atoms with van der Waals surface area (Å²) < 4.78 is 5.40. The molecule has 0 aromatic heterocycles. The third-order valence-corrected chi connectivity index (χ3v) is 5.44. The van der Waals surface area contributed by atoms with Crippen LogP contribution in [0, 0.1) is 6.92 Å². The molecule has 3 rings (SSSR count). The van der Waals surface area contributed by atoms with Crippen LogP contribution in [0.2, 0.25) is 5.02 Å². The van der Waals surface area contributed by atoms with Gasteiger partial charge < -0.3 is 10.1 Å². The summed E-state index contributed by atoms with van der Waals surface area (Å²) in [4.78, 5) is 1.41. The number of methoxy groups -OCH3 is 1. The predicted octanol–water partition coefficient (Wildman–Crippen LogP) is 4.79.